The fourth-order valence-electron chi connectivity index (χ4n) is 1.91. The minimum Gasteiger partial charge on any atom is -0.493 e. The van der Waals surface area contributed by atoms with E-state index < -0.39 is 0 Å². The zero-order valence-electron chi connectivity index (χ0n) is 13.0. The van der Waals surface area contributed by atoms with Gasteiger partial charge in [-0.05, 0) is 37.3 Å². The Morgan fingerprint density at radius 2 is 1.80 bits per heavy atom. The summed E-state index contributed by atoms with van der Waals surface area (Å²) >= 11 is 1.71. The van der Waals surface area contributed by atoms with Crippen LogP contribution < -0.4 is 14.8 Å². The monoisotopic (exact) mass is 299 g/mol. The molecule has 0 amide bonds. The van der Waals surface area contributed by atoms with Crippen LogP contribution in [0.2, 0.25) is 0 Å². The molecule has 0 heterocycles. The number of methoxy groups -OCH3 is 3. The van der Waals surface area contributed by atoms with Crippen molar-refractivity contribution in [1.29, 1.82) is 0 Å². The molecule has 0 fully saturated rings. The molecular formula is C15H25NO3S. The number of nitrogens with one attached hydrogen (secondary N) is 1. The molecule has 0 aromatic heterocycles. The molecule has 4 nitrogen and oxygen atoms in total. The van der Waals surface area contributed by atoms with Crippen molar-refractivity contribution in [3.8, 4) is 11.5 Å². The van der Waals surface area contributed by atoms with Gasteiger partial charge in [0.1, 0.15) is 0 Å². The molecule has 1 atom stereocenters. The van der Waals surface area contributed by atoms with Crippen molar-refractivity contribution in [3.05, 3.63) is 17.7 Å². The van der Waals surface area contributed by atoms with E-state index in [2.05, 4.69) is 18.5 Å². The summed E-state index contributed by atoms with van der Waals surface area (Å²) in [6.07, 6.45) is 3.07. The number of hydrogen-bond acceptors (Lipinski definition) is 5. The molecule has 0 saturated carbocycles. The van der Waals surface area contributed by atoms with Gasteiger partial charge in [-0.2, -0.15) is 0 Å². The molecule has 114 valence electrons. The van der Waals surface area contributed by atoms with Crippen LogP contribution >= 0.6 is 11.8 Å². The molecular weight excluding hydrogens is 274 g/mol. The first-order valence-electron chi connectivity index (χ1n) is 6.67. The number of benzene rings is 1. The molecule has 1 unspecified atom stereocenters. The molecule has 0 radical (unpaired) electrons. The maximum absolute atomic E-state index is 5.37. The van der Waals surface area contributed by atoms with Crippen LogP contribution in [0.25, 0.3) is 0 Å². The molecule has 1 N–H and O–H groups in total. The third-order valence-electron chi connectivity index (χ3n) is 3.18. The molecule has 0 saturated heterocycles. The summed E-state index contributed by atoms with van der Waals surface area (Å²) in [7, 11) is 5.05. The maximum Gasteiger partial charge on any atom is 0.161 e. The highest BCUT2D eigenvalue weighted by Crippen LogP contribution is 2.34. The fraction of sp³-hybridized carbons (Fsp3) is 0.600. The SMILES string of the molecule is COCCC(C)NCc1cc(OC)c(OC)cc1SC. The lowest BCUT2D eigenvalue weighted by Crippen LogP contribution is -2.26. The summed E-state index contributed by atoms with van der Waals surface area (Å²) in [5, 5.41) is 3.51. The van der Waals surface area contributed by atoms with Crippen LogP contribution in [-0.4, -0.2) is 40.2 Å². The van der Waals surface area contributed by atoms with Gasteiger partial charge in [0.25, 0.3) is 0 Å². The molecule has 20 heavy (non-hydrogen) atoms. The summed E-state index contributed by atoms with van der Waals surface area (Å²) in [5.41, 5.74) is 1.22. The first-order valence-corrected chi connectivity index (χ1v) is 7.89. The Kier molecular flexibility index (Phi) is 7.80. The van der Waals surface area contributed by atoms with Crippen molar-refractivity contribution >= 4 is 11.8 Å². The normalized spacial score (nSPS) is 12.2. The highest BCUT2D eigenvalue weighted by atomic mass is 32.2. The molecule has 1 aromatic carbocycles. The summed E-state index contributed by atoms with van der Waals surface area (Å²) in [5.74, 6) is 1.54. The van der Waals surface area contributed by atoms with Gasteiger partial charge < -0.3 is 19.5 Å². The number of rotatable bonds is 9. The van der Waals surface area contributed by atoms with Crippen molar-refractivity contribution in [2.75, 3.05) is 34.2 Å². The molecule has 0 aliphatic heterocycles. The van der Waals surface area contributed by atoms with Crippen LogP contribution in [-0.2, 0) is 11.3 Å². The lowest BCUT2D eigenvalue weighted by molar-refractivity contribution is 0.184. The van der Waals surface area contributed by atoms with Gasteiger partial charge in [-0.1, -0.05) is 0 Å². The minimum absolute atomic E-state index is 0.415. The number of ether oxygens (including phenoxy) is 3. The molecule has 0 spiro atoms. The standard InChI is InChI=1S/C15H25NO3S/c1-11(6-7-17-2)16-10-12-8-13(18-3)14(19-4)9-15(12)20-5/h8-9,11,16H,6-7,10H2,1-5H3. The van der Waals surface area contributed by atoms with Gasteiger partial charge >= 0.3 is 0 Å². The van der Waals surface area contributed by atoms with E-state index in [-0.39, 0.29) is 0 Å². The molecule has 1 rings (SSSR count). The van der Waals surface area contributed by atoms with Crippen molar-refractivity contribution in [2.24, 2.45) is 0 Å². The molecule has 1 aromatic rings. The average molecular weight is 299 g/mol. The van der Waals surface area contributed by atoms with Crippen LogP contribution in [0.1, 0.15) is 18.9 Å². The van der Waals surface area contributed by atoms with Crippen molar-refractivity contribution < 1.29 is 14.2 Å². The summed E-state index contributed by atoms with van der Waals surface area (Å²) in [6, 6.07) is 4.49. The quantitative estimate of drug-likeness (QED) is 0.710. The van der Waals surface area contributed by atoms with E-state index in [1.54, 1.807) is 33.1 Å². The topological polar surface area (TPSA) is 39.7 Å². The molecule has 0 aliphatic rings. The van der Waals surface area contributed by atoms with Gasteiger partial charge in [0.2, 0.25) is 0 Å². The van der Waals surface area contributed by atoms with Gasteiger partial charge in [0.05, 0.1) is 14.2 Å². The third kappa shape index (κ3) is 4.89. The smallest absolute Gasteiger partial charge is 0.161 e. The second-order valence-electron chi connectivity index (χ2n) is 4.58. The molecule has 5 heteroatoms. The first-order chi connectivity index (χ1) is 9.65. The predicted octanol–water partition coefficient (Wildman–Crippen LogP) is 2.94. The Hall–Kier alpha value is -0.910. The van der Waals surface area contributed by atoms with Gasteiger partial charge in [-0.15, -0.1) is 11.8 Å². The van der Waals surface area contributed by atoms with E-state index >= 15 is 0 Å². The van der Waals surface area contributed by atoms with Gasteiger partial charge in [-0.25, -0.2) is 0 Å². The number of thioether (sulfide) groups is 1. The Labute approximate surface area is 126 Å². The first kappa shape index (κ1) is 17.1. The average Bonchev–Trinajstić information content (AvgIpc) is 2.49. The van der Waals surface area contributed by atoms with Crippen LogP contribution in [0.5, 0.6) is 11.5 Å². The summed E-state index contributed by atoms with van der Waals surface area (Å²) < 4.78 is 15.8. The Morgan fingerprint density at radius 3 is 2.35 bits per heavy atom. The lowest BCUT2D eigenvalue weighted by atomic mass is 10.1. The highest BCUT2D eigenvalue weighted by Gasteiger charge is 2.11. The summed E-state index contributed by atoms with van der Waals surface area (Å²) in [4.78, 5) is 1.20. The van der Waals surface area contributed by atoms with Crippen LogP contribution in [0.15, 0.2) is 17.0 Å². The van der Waals surface area contributed by atoms with Gasteiger partial charge in [-0.3, -0.25) is 0 Å². The second-order valence-corrected chi connectivity index (χ2v) is 5.43. The zero-order valence-corrected chi connectivity index (χ0v) is 13.8. The van der Waals surface area contributed by atoms with Crippen molar-refractivity contribution in [2.45, 2.75) is 30.8 Å². The van der Waals surface area contributed by atoms with Crippen LogP contribution in [0.3, 0.4) is 0 Å². The number of hydrogen-bond donors (Lipinski definition) is 1. The van der Waals surface area contributed by atoms with Crippen LogP contribution in [0, 0.1) is 0 Å². The molecule has 0 aliphatic carbocycles. The van der Waals surface area contributed by atoms with E-state index in [0.29, 0.717) is 6.04 Å². The van der Waals surface area contributed by atoms with E-state index in [4.69, 9.17) is 14.2 Å². The van der Waals surface area contributed by atoms with Gasteiger partial charge in [0.15, 0.2) is 11.5 Å². The maximum atomic E-state index is 5.37. The van der Waals surface area contributed by atoms with E-state index in [1.807, 2.05) is 12.1 Å². The van der Waals surface area contributed by atoms with Crippen LogP contribution in [0.4, 0.5) is 0 Å². The van der Waals surface area contributed by atoms with E-state index in [9.17, 15) is 0 Å². The van der Waals surface area contributed by atoms with E-state index in [0.717, 1.165) is 31.1 Å². The largest absolute Gasteiger partial charge is 0.493 e. The third-order valence-corrected chi connectivity index (χ3v) is 4.00. The lowest BCUT2D eigenvalue weighted by Gasteiger charge is -2.17. The zero-order chi connectivity index (χ0) is 15.0. The van der Waals surface area contributed by atoms with Crippen molar-refractivity contribution in [3.63, 3.8) is 0 Å². The minimum atomic E-state index is 0.415. The second kappa shape index (κ2) is 9.10. The predicted molar refractivity (Wildman–Crippen MR) is 84.1 cm³/mol. The van der Waals surface area contributed by atoms with E-state index in [1.165, 1.54) is 10.5 Å². The Balaban J connectivity index is 2.77. The van der Waals surface area contributed by atoms with Crippen molar-refractivity contribution in [1.82, 2.24) is 5.32 Å². The van der Waals surface area contributed by atoms with Gasteiger partial charge in [0, 0.05) is 31.2 Å². The Bertz CT molecular complexity index is 412. The fourth-order valence-corrected chi connectivity index (χ4v) is 2.53. The Morgan fingerprint density at radius 1 is 1.15 bits per heavy atom. The highest BCUT2D eigenvalue weighted by molar-refractivity contribution is 7.98. The summed E-state index contributed by atoms with van der Waals surface area (Å²) in [6.45, 7) is 3.75. The molecule has 0 bridgehead atoms.